The van der Waals surface area contributed by atoms with E-state index in [4.69, 9.17) is 14.6 Å². The van der Waals surface area contributed by atoms with Gasteiger partial charge in [-0.1, -0.05) is 77.6 Å². The van der Waals surface area contributed by atoms with E-state index in [1.54, 1.807) is 0 Å². The summed E-state index contributed by atoms with van der Waals surface area (Å²) >= 11 is 0. The van der Waals surface area contributed by atoms with Crippen LogP contribution in [0, 0.1) is 0 Å². The van der Waals surface area contributed by atoms with Gasteiger partial charge in [0.1, 0.15) is 6.10 Å². The van der Waals surface area contributed by atoms with Gasteiger partial charge in [0.05, 0.1) is 13.2 Å². The first-order chi connectivity index (χ1) is 11.8. The van der Waals surface area contributed by atoms with Crippen molar-refractivity contribution < 1.29 is 19.7 Å². The maximum absolute atomic E-state index is 9.63. The number of aliphatic hydroxyl groups excluding tert-OH is 2. The van der Waals surface area contributed by atoms with Gasteiger partial charge in [-0.3, -0.25) is 0 Å². The van der Waals surface area contributed by atoms with Crippen LogP contribution in [0.1, 0.15) is 90.4 Å². The smallest absolute Gasteiger partial charge is 0.101 e. The Bertz CT molecular complexity index is 224. The van der Waals surface area contributed by atoms with Crippen LogP contribution in [0.4, 0.5) is 0 Å². The van der Waals surface area contributed by atoms with Gasteiger partial charge in [-0.25, -0.2) is 0 Å². The third-order valence-electron chi connectivity index (χ3n) is 4.21. The van der Waals surface area contributed by atoms with Crippen LogP contribution in [0.2, 0.25) is 0 Å². The molecule has 146 valence electrons. The van der Waals surface area contributed by atoms with Gasteiger partial charge in [-0.2, -0.15) is 0 Å². The predicted octanol–water partition coefficient (Wildman–Crippen LogP) is 4.46. The Balaban J connectivity index is 3.06. The van der Waals surface area contributed by atoms with E-state index in [-0.39, 0.29) is 6.61 Å². The van der Waals surface area contributed by atoms with Crippen molar-refractivity contribution in [3.05, 3.63) is 0 Å². The molecular formula is C20H42O4. The summed E-state index contributed by atoms with van der Waals surface area (Å²) < 4.78 is 10.7. The molecular weight excluding hydrogens is 304 g/mol. The van der Waals surface area contributed by atoms with Gasteiger partial charge in [0, 0.05) is 19.8 Å². The number of aliphatic hydroxyl groups is 2. The van der Waals surface area contributed by atoms with Gasteiger partial charge in [0.2, 0.25) is 0 Å². The molecule has 0 bridgehead atoms. The Morgan fingerprint density at radius 2 is 1.04 bits per heavy atom. The highest BCUT2D eigenvalue weighted by molar-refractivity contribution is 4.52. The second-order valence-electron chi connectivity index (χ2n) is 6.77. The zero-order chi connectivity index (χ0) is 17.7. The van der Waals surface area contributed by atoms with Crippen molar-refractivity contribution in [1.29, 1.82) is 0 Å². The van der Waals surface area contributed by atoms with Crippen LogP contribution in [0.25, 0.3) is 0 Å². The molecule has 0 spiro atoms. The normalized spacial score (nSPS) is 12.6. The van der Waals surface area contributed by atoms with Crippen LogP contribution >= 0.6 is 0 Å². The van der Waals surface area contributed by atoms with Crippen LogP contribution in [0.5, 0.6) is 0 Å². The average molecular weight is 347 g/mol. The summed E-state index contributed by atoms with van der Waals surface area (Å²) in [5.41, 5.74) is 0. The minimum atomic E-state index is -0.555. The van der Waals surface area contributed by atoms with E-state index in [2.05, 4.69) is 6.92 Å². The Morgan fingerprint density at radius 3 is 1.50 bits per heavy atom. The van der Waals surface area contributed by atoms with E-state index < -0.39 is 6.10 Å². The highest BCUT2D eigenvalue weighted by Crippen LogP contribution is 2.11. The molecule has 0 aliphatic carbocycles. The molecule has 0 rings (SSSR count). The molecule has 1 unspecified atom stereocenters. The SMILES string of the molecule is CCCCCCCCCCCCCCOCC(O)COCCCO. The number of unbranched alkanes of at least 4 members (excludes halogenated alkanes) is 11. The number of hydrogen-bond donors (Lipinski definition) is 2. The Hall–Kier alpha value is -0.160. The molecule has 0 fully saturated rings. The number of hydrogen-bond acceptors (Lipinski definition) is 4. The van der Waals surface area contributed by atoms with Gasteiger partial charge in [0.15, 0.2) is 0 Å². The predicted molar refractivity (Wildman–Crippen MR) is 100 cm³/mol. The van der Waals surface area contributed by atoms with Gasteiger partial charge < -0.3 is 19.7 Å². The second kappa shape index (κ2) is 20.9. The molecule has 0 aromatic carbocycles. The Kier molecular flexibility index (Phi) is 20.7. The summed E-state index contributed by atoms with van der Waals surface area (Å²) in [7, 11) is 0. The highest BCUT2D eigenvalue weighted by Gasteiger charge is 2.04. The van der Waals surface area contributed by atoms with Crippen LogP contribution in [-0.2, 0) is 9.47 Å². The van der Waals surface area contributed by atoms with Crippen molar-refractivity contribution >= 4 is 0 Å². The van der Waals surface area contributed by atoms with Crippen LogP contribution < -0.4 is 0 Å². The quantitative estimate of drug-likeness (QED) is 0.319. The summed E-state index contributed by atoms with van der Waals surface area (Å²) in [4.78, 5) is 0. The van der Waals surface area contributed by atoms with Crippen molar-refractivity contribution in [2.75, 3.05) is 33.0 Å². The molecule has 0 amide bonds. The molecule has 0 aliphatic heterocycles. The fourth-order valence-electron chi connectivity index (χ4n) is 2.70. The molecule has 0 heterocycles. The maximum Gasteiger partial charge on any atom is 0.101 e. The molecule has 0 saturated carbocycles. The lowest BCUT2D eigenvalue weighted by molar-refractivity contribution is -0.0214. The van der Waals surface area contributed by atoms with E-state index in [0.29, 0.717) is 26.2 Å². The molecule has 0 aliphatic rings. The van der Waals surface area contributed by atoms with E-state index in [1.165, 1.54) is 70.6 Å². The zero-order valence-corrected chi connectivity index (χ0v) is 16.0. The molecule has 2 N–H and O–H groups in total. The van der Waals surface area contributed by atoms with E-state index in [1.807, 2.05) is 0 Å². The van der Waals surface area contributed by atoms with E-state index >= 15 is 0 Å². The molecule has 24 heavy (non-hydrogen) atoms. The van der Waals surface area contributed by atoms with Crippen molar-refractivity contribution in [1.82, 2.24) is 0 Å². The fraction of sp³-hybridized carbons (Fsp3) is 1.00. The largest absolute Gasteiger partial charge is 0.396 e. The Morgan fingerprint density at radius 1 is 0.625 bits per heavy atom. The zero-order valence-electron chi connectivity index (χ0n) is 16.0. The van der Waals surface area contributed by atoms with Crippen molar-refractivity contribution in [3.8, 4) is 0 Å². The summed E-state index contributed by atoms with van der Waals surface area (Å²) in [6, 6.07) is 0. The molecule has 4 nitrogen and oxygen atoms in total. The van der Waals surface area contributed by atoms with Gasteiger partial charge in [0.25, 0.3) is 0 Å². The maximum atomic E-state index is 9.63. The second-order valence-corrected chi connectivity index (χ2v) is 6.77. The lowest BCUT2D eigenvalue weighted by atomic mass is 10.1. The molecule has 4 heteroatoms. The van der Waals surface area contributed by atoms with E-state index in [0.717, 1.165) is 13.0 Å². The van der Waals surface area contributed by atoms with Gasteiger partial charge >= 0.3 is 0 Å². The summed E-state index contributed by atoms with van der Waals surface area (Å²) in [6.07, 6.45) is 16.2. The lowest BCUT2D eigenvalue weighted by Gasteiger charge is -2.11. The monoisotopic (exact) mass is 346 g/mol. The minimum absolute atomic E-state index is 0.131. The first kappa shape index (κ1) is 23.8. The first-order valence-electron chi connectivity index (χ1n) is 10.3. The Labute approximate surface area is 149 Å². The molecule has 0 aromatic rings. The van der Waals surface area contributed by atoms with Crippen molar-refractivity contribution in [2.45, 2.75) is 96.5 Å². The van der Waals surface area contributed by atoms with Crippen LogP contribution in [-0.4, -0.2) is 49.4 Å². The van der Waals surface area contributed by atoms with Gasteiger partial charge in [-0.05, 0) is 12.8 Å². The van der Waals surface area contributed by atoms with Crippen LogP contribution in [0.15, 0.2) is 0 Å². The lowest BCUT2D eigenvalue weighted by Crippen LogP contribution is -2.22. The highest BCUT2D eigenvalue weighted by atomic mass is 16.5. The summed E-state index contributed by atoms with van der Waals surface area (Å²) in [5.74, 6) is 0. The van der Waals surface area contributed by atoms with Crippen molar-refractivity contribution in [2.24, 2.45) is 0 Å². The van der Waals surface area contributed by atoms with E-state index in [9.17, 15) is 5.11 Å². The summed E-state index contributed by atoms with van der Waals surface area (Å²) in [6.45, 7) is 4.25. The van der Waals surface area contributed by atoms with Gasteiger partial charge in [-0.15, -0.1) is 0 Å². The molecule has 0 aromatic heterocycles. The number of ether oxygens (including phenoxy) is 2. The average Bonchev–Trinajstić information content (AvgIpc) is 2.59. The molecule has 0 radical (unpaired) electrons. The summed E-state index contributed by atoms with van der Waals surface area (Å²) in [5, 5.41) is 18.2. The third kappa shape index (κ3) is 19.9. The minimum Gasteiger partial charge on any atom is -0.396 e. The van der Waals surface area contributed by atoms with Crippen LogP contribution in [0.3, 0.4) is 0 Å². The fourth-order valence-corrected chi connectivity index (χ4v) is 2.70. The molecule has 1 atom stereocenters. The topological polar surface area (TPSA) is 58.9 Å². The third-order valence-corrected chi connectivity index (χ3v) is 4.21. The number of rotatable bonds is 20. The molecule has 0 saturated heterocycles. The standard InChI is InChI=1S/C20H42O4/c1-2-3-4-5-6-7-8-9-10-11-12-13-16-23-18-20(22)19-24-17-14-15-21/h20-22H,2-19H2,1H3. The van der Waals surface area contributed by atoms with Crippen molar-refractivity contribution in [3.63, 3.8) is 0 Å². The first-order valence-corrected chi connectivity index (χ1v) is 10.3.